The summed E-state index contributed by atoms with van der Waals surface area (Å²) in [6.45, 7) is 0. The fourth-order valence-electron chi connectivity index (χ4n) is 2.02. The van der Waals surface area contributed by atoms with Crippen LogP contribution in [0.15, 0.2) is 60.9 Å². The van der Waals surface area contributed by atoms with Gasteiger partial charge in [0.25, 0.3) is 0 Å². The zero-order chi connectivity index (χ0) is 14.8. The van der Waals surface area contributed by atoms with E-state index >= 15 is 0 Å². The van der Waals surface area contributed by atoms with E-state index in [2.05, 4.69) is 5.10 Å². The maximum absolute atomic E-state index is 13.8. The molecule has 0 saturated carbocycles. The maximum atomic E-state index is 13.8. The second-order valence-corrected chi connectivity index (χ2v) is 4.84. The van der Waals surface area contributed by atoms with Crippen molar-refractivity contribution in [2.75, 3.05) is 0 Å². The van der Waals surface area contributed by atoms with Crippen LogP contribution in [0.2, 0.25) is 5.02 Å². The van der Waals surface area contributed by atoms with Crippen molar-refractivity contribution in [3.8, 4) is 5.69 Å². The molecule has 1 aromatic heterocycles. The molecule has 1 heterocycles. The summed E-state index contributed by atoms with van der Waals surface area (Å²) in [5, 5.41) is 4.21. The molecule has 104 valence electrons. The molecular formula is C16H10ClFN2O. The van der Waals surface area contributed by atoms with Gasteiger partial charge in [0, 0.05) is 6.20 Å². The molecule has 0 aliphatic heterocycles. The van der Waals surface area contributed by atoms with Gasteiger partial charge in [-0.05, 0) is 24.3 Å². The minimum absolute atomic E-state index is 0.0902. The smallest absolute Gasteiger partial charge is 0.200 e. The normalized spacial score (nSPS) is 10.6. The number of ketones is 1. The molecule has 0 aliphatic carbocycles. The van der Waals surface area contributed by atoms with Gasteiger partial charge >= 0.3 is 0 Å². The quantitative estimate of drug-likeness (QED) is 0.688. The van der Waals surface area contributed by atoms with Gasteiger partial charge in [0.1, 0.15) is 5.82 Å². The first-order chi connectivity index (χ1) is 10.2. The summed E-state index contributed by atoms with van der Waals surface area (Å²) in [5.74, 6) is -1.12. The van der Waals surface area contributed by atoms with E-state index in [9.17, 15) is 9.18 Å². The average molecular weight is 301 g/mol. The third kappa shape index (κ3) is 2.58. The summed E-state index contributed by atoms with van der Waals surface area (Å²) >= 11 is 5.91. The number of hydrogen-bond acceptors (Lipinski definition) is 2. The van der Waals surface area contributed by atoms with Gasteiger partial charge in [-0.3, -0.25) is 4.79 Å². The molecule has 3 aromatic rings. The minimum atomic E-state index is -0.639. The number of benzene rings is 2. The molecule has 0 spiro atoms. The van der Waals surface area contributed by atoms with Gasteiger partial charge in [0.2, 0.25) is 5.78 Å². The van der Waals surface area contributed by atoms with E-state index in [-0.39, 0.29) is 16.1 Å². The summed E-state index contributed by atoms with van der Waals surface area (Å²) in [6, 6.07) is 13.5. The van der Waals surface area contributed by atoms with Crippen LogP contribution >= 0.6 is 11.6 Å². The molecule has 3 nitrogen and oxygen atoms in total. The summed E-state index contributed by atoms with van der Waals surface area (Å²) in [6.07, 6.45) is 2.96. The van der Waals surface area contributed by atoms with Gasteiger partial charge in [-0.1, -0.05) is 35.9 Å². The summed E-state index contributed by atoms with van der Waals surface area (Å²) in [7, 11) is 0. The number of carbonyl (C=O) groups is 1. The van der Waals surface area contributed by atoms with Crippen molar-refractivity contribution in [2.45, 2.75) is 0 Å². The van der Waals surface area contributed by atoms with Crippen LogP contribution in [0.1, 0.15) is 15.9 Å². The Kier molecular flexibility index (Phi) is 3.54. The van der Waals surface area contributed by atoms with E-state index < -0.39 is 11.6 Å². The molecule has 2 aromatic carbocycles. The summed E-state index contributed by atoms with van der Waals surface area (Å²) in [4.78, 5) is 12.4. The first-order valence-corrected chi connectivity index (χ1v) is 6.63. The predicted octanol–water partition coefficient (Wildman–Crippen LogP) is 3.90. The standard InChI is InChI=1S/C16H10ClFN2O/c17-13-7-4-8-14(18)15(13)16(21)11-9-19-20(10-11)12-5-2-1-3-6-12/h1-10H. The Morgan fingerprint density at radius 3 is 2.57 bits per heavy atom. The van der Waals surface area contributed by atoms with Crippen LogP contribution in [0.5, 0.6) is 0 Å². The molecule has 0 fully saturated rings. The van der Waals surface area contributed by atoms with E-state index in [0.29, 0.717) is 0 Å². The van der Waals surface area contributed by atoms with Crippen molar-refractivity contribution in [3.63, 3.8) is 0 Å². The molecule has 3 rings (SSSR count). The number of para-hydroxylation sites is 1. The van der Waals surface area contributed by atoms with Gasteiger partial charge in [-0.2, -0.15) is 5.10 Å². The highest BCUT2D eigenvalue weighted by Gasteiger charge is 2.19. The Bertz CT molecular complexity index is 779. The van der Waals surface area contributed by atoms with Crippen LogP contribution in [0.25, 0.3) is 5.69 Å². The molecule has 0 bridgehead atoms. The number of nitrogens with zero attached hydrogens (tertiary/aromatic N) is 2. The van der Waals surface area contributed by atoms with Gasteiger partial charge < -0.3 is 0 Å². The molecule has 0 unspecified atom stereocenters. The highest BCUT2D eigenvalue weighted by molar-refractivity contribution is 6.35. The van der Waals surface area contributed by atoms with E-state index in [1.807, 2.05) is 30.3 Å². The van der Waals surface area contributed by atoms with E-state index in [1.54, 1.807) is 10.9 Å². The van der Waals surface area contributed by atoms with Crippen molar-refractivity contribution in [2.24, 2.45) is 0 Å². The van der Waals surface area contributed by atoms with Crippen LogP contribution in [0.3, 0.4) is 0 Å². The highest BCUT2D eigenvalue weighted by Crippen LogP contribution is 2.22. The maximum Gasteiger partial charge on any atom is 0.200 e. The molecule has 0 radical (unpaired) electrons. The average Bonchev–Trinajstić information content (AvgIpc) is 2.97. The fourth-order valence-corrected chi connectivity index (χ4v) is 2.27. The topological polar surface area (TPSA) is 34.9 Å². The van der Waals surface area contributed by atoms with Crippen molar-refractivity contribution in [1.29, 1.82) is 0 Å². The van der Waals surface area contributed by atoms with E-state index in [4.69, 9.17) is 11.6 Å². The Labute approximate surface area is 125 Å². The Morgan fingerprint density at radius 2 is 1.86 bits per heavy atom. The Balaban J connectivity index is 1.99. The largest absolute Gasteiger partial charge is 0.288 e. The fraction of sp³-hybridized carbons (Fsp3) is 0. The van der Waals surface area contributed by atoms with Crippen molar-refractivity contribution in [1.82, 2.24) is 9.78 Å². The van der Waals surface area contributed by atoms with Crippen LogP contribution in [0, 0.1) is 5.82 Å². The Morgan fingerprint density at radius 1 is 1.10 bits per heavy atom. The van der Waals surface area contributed by atoms with E-state index in [0.717, 1.165) is 5.69 Å². The molecular weight excluding hydrogens is 291 g/mol. The van der Waals surface area contributed by atoms with Crippen LogP contribution < -0.4 is 0 Å². The van der Waals surface area contributed by atoms with E-state index in [1.165, 1.54) is 24.4 Å². The van der Waals surface area contributed by atoms with Gasteiger partial charge in [-0.15, -0.1) is 0 Å². The number of carbonyl (C=O) groups excluding carboxylic acids is 1. The van der Waals surface area contributed by atoms with Gasteiger partial charge in [-0.25, -0.2) is 9.07 Å². The molecule has 0 N–H and O–H groups in total. The number of hydrogen-bond donors (Lipinski definition) is 0. The molecule has 21 heavy (non-hydrogen) atoms. The lowest BCUT2D eigenvalue weighted by molar-refractivity contribution is 0.103. The van der Waals surface area contributed by atoms with Gasteiger partial charge in [0.15, 0.2) is 0 Å². The number of halogens is 2. The van der Waals surface area contributed by atoms with Crippen LogP contribution in [-0.4, -0.2) is 15.6 Å². The minimum Gasteiger partial charge on any atom is -0.288 e. The summed E-state index contributed by atoms with van der Waals surface area (Å²) in [5.41, 5.74) is 0.966. The first-order valence-electron chi connectivity index (χ1n) is 6.25. The predicted molar refractivity (Wildman–Crippen MR) is 78.4 cm³/mol. The van der Waals surface area contributed by atoms with Crippen molar-refractivity contribution in [3.05, 3.63) is 82.9 Å². The van der Waals surface area contributed by atoms with Crippen LogP contribution in [-0.2, 0) is 0 Å². The zero-order valence-electron chi connectivity index (χ0n) is 10.8. The molecule has 0 atom stereocenters. The lowest BCUT2D eigenvalue weighted by Gasteiger charge is -2.03. The highest BCUT2D eigenvalue weighted by atomic mass is 35.5. The summed E-state index contributed by atoms with van der Waals surface area (Å²) < 4.78 is 15.3. The lowest BCUT2D eigenvalue weighted by Crippen LogP contribution is -2.04. The third-order valence-corrected chi connectivity index (χ3v) is 3.37. The number of rotatable bonds is 3. The Hall–Kier alpha value is -2.46. The number of aromatic nitrogens is 2. The molecule has 0 aliphatic rings. The third-order valence-electron chi connectivity index (χ3n) is 3.06. The SMILES string of the molecule is O=C(c1cnn(-c2ccccc2)c1)c1c(F)cccc1Cl. The van der Waals surface area contributed by atoms with Crippen molar-refractivity contribution < 1.29 is 9.18 Å². The zero-order valence-corrected chi connectivity index (χ0v) is 11.6. The monoisotopic (exact) mass is 300 g/mol. The molecule has 0 saturated heterocycles. The lowest BCUT2D eigenvalue weighted by atomic mass is 10.1. The first kappa shape index (κ1) is 13.5. The molecule has 5 heteroatoms. The second kappa shape index (κ2) is 5.50. The van der Waals surface area contributed by atoms with Crippen LogP contribution in [0.4, 0.5) is 4.39 Å². The van der Waals surface area contributed by atoms with Gasteiger partial charge in [0.05, 0.1) is 28.0 Å². The second-order valence-electron chi connectivity index (χ2n) is 4.43. The molecule has 0 amide bonds. The van der Waals surface area contributed by atoms with Crippen molar-refractivity contribution >= 4 is 17.4 Å².